The van der Waals surface area contributed by atoms with Crippen molar-refractivity contribution < 1.29 is 13.3 Å². The number of thiophene rings is 1. The minimum absolute atomic E-state index is 0.00390. The van der Waals surface area contributed by atoms with Crippen molar-refractivity contribution in [1.82, 2.24) is 4.72 Å². The molecule has 0 unspecified atom stereocenters. The third-order valence-corrected chi connectivity index (χ3v) is 5.80. The first kappa shape index (κ1) is 15.6. The van der Waals surface area contributed by atoms with E-state index in [0.717, 1.165) is 15.0 Å². The lowest BCUT2D eigenvalue weighted by Gasteiger charge is -2.05. The molecule has 0 fully saturated rings. The number of sulfonamides is 1. The Balaban J connectivity index is 1.76. The van der Waals surface area contributed by atoms with Gasteiger partial charge >= 0.3 is 0 Å². The molecule has 2 aromatic carbocycles. The maximum absolute atomic E-state index is 12.2. The summed E-state index contributed by atoms with van der Waals surface area (Å²) in [4.78, 5) is 10.9. The second kappa shape index (κ2) is 6.07. The zero-order valence-corrected chi connectivity index (χ0v) is 13.4. The number of nitrogens with zero attached hydrogens (tertiary/aromatic N) is 1. The summed E-state index contributed by atoms with van der Waals surface area (Å²) >= 11 is 1.52. The molecule has 0 saturated heterocycles. The Morgan fingerprint density at radius 2 is 1.78 bits per heavy atom. The van der Waals surface area contributed by atoms with Crippen LogP contribution in [0, 0.1) is 10.1 Å². The average molecular weight is 348 g/mol. The van der Waals surface area contributed by atoms with Crippen molar-refractivity contribution in [3.63, 3.8) is 0 Å². The maximum atomic E-state index is 12.2. The predicted octanol–water partition coefficient (Wildman–Crippen LogP) is 3.29. The Labute approximate surface area is 136 Å². The number of benzene rings is 2. The molecule has 3 aromatic rings. The number of fused-ring (bicyclic) bond motifs is 1. The van der Waals surface area contributed by atoms with Crippen molar-refractivity contribution in [3.05, 3.63) is 69.6 Å². The highest BCUT2D eigenvalue weighted by Gasteiger charge is 2.16. The van der Waals surface area contributed by atoms with Gasteiger partial charge in [0.2, 0.25) is 10.0 Å². The van der Waals surface area contributed by atoms with E-state index >= 15 is 0 Å². The molecule has 3 rings (SSSR count). The quantitative estimate of drug-likeness (QED) is 0.566. The number of nitrogens with one attached hydrogen (secondary N) is 1. The summed E-state index contributed by atoms with van der Waals surface area (Å²) in [5.41, 5.74) is -0.145. The molecule has 0 aliphatic carbocycles. The SMILES string of the molecule is O=[N+]([O-])c1ccc(S(=O)(=O)NCc2cc3ccccc3s2)cc1. The van der Waals surface area contributed by atoms with Gasteiger partial charge in [0, 0.05) is 28.3 Å². The molecule has 0 aliphatic heterocycles. The van der Waals surface area contributed by atoms with E-state index in [1.54, 1.807) is 0 Å². The van der Waals surface area contributed by atoms with Gasteiger partial charge in [0.15, 0.2) is 0 Å². The number of non-ortho nitro benzene ring substituents is 1. The highest BCUT2D eigenvalue weighted by molar-refractivity contribution is 7.89. The predicted molar refractivity (Wildman–Crippen MR) is 88.9 cm³/mol. The van der Waals surface area contributed by atoms with Crippen molar-refractivity contribution in [3.8, 4) is 0 Å². The van der Waals surface area contributed by atoms with Crippen LogP contribution in [0.3, 0.4) is 0 Å². The minimum atomic E-state index is -3.70. The van der Waals surface area contributed by atoms with Gasteiger partial charge in [-0.2, -0.15) is 0 Å². The minimum Gasteiger partial charge on any atom is -0.258 e. The molecule has 0 spiro atoms. The lowest BCUT2D eigenvalue weighted by Crippen LogP contribution is -2.22. The van der Waals surface area contributed by atoms with Crippen LogP contribution >= 0.6 is 11.3 Å². The van der Waals surface area contributed by atoms with Crippen LogP contribution in [0.4, 0.5) is 5.69 Å². The molecule has 0 bridgehead atoms. The Kier molecular flexibility index (Phi) is 4.12. The third-order valence-electron chi connectivity index (χ3n) is 3.27. The van der Waals surface area contributed by atoms with Crippen molar-refractivity contribution >= 4 is 37.1 Å². The first-order valence-corrected chi connectivity index (χ1v) is 8.97. The number of rotatable bonds is 5. The summed E-state index contributed by atoms with van der Waals surface area (Å²) in [5.74, 6) is 0. The second-order valence-corrected chi connectivity index (χ2v) is 7.76. The summed E-state index contributed by atoms with van der Waals surface area (Å²) in [7, 11) is -3.70. The van der Waals surface area contributed by atoms with E-state index in [-0.39, 0.29) is 17.1 Å². The first-order chi connectivity index (χ1) is 11.0. The zero-order valence-electron chi connectivity index (χ0n) is 11.8. The molecule has 0 amide bonds. The molecular formula is C15H12N2O4S2. The summed E-state index contributed by atoms with van der Waals surface area (Å²) in [6.45, 7) is 0.179. The fraction of sp³-hybridized carbons (Fsp3) is 0.0667. The Hall–Kier alpha value is -2.29. The fourth-order valence-electron chi connectivity index (χ4n) is 2.12. The normalized spacial score (nSPS) is 11.7. The number of nitro benzene ring substituents is 1. The maximum Gasteiger partial charge on any atom is 0.269 e. The lowest BCUT2D eigenvalue weighted by molar-refractivity contribution is -0.384. The van der Waals surface area contributed by atoms with E-state index in [0.29, 0.717) is 0 Å². The van der Waals surface area contributed by atoms with Crippen molar-refractivity contribution in [2.75, 3.05) is 0 Å². The van der Waals surface area contributed by atoms with E-state index in [2.05, 4.69) is 4.72 Å². The standard InChI is InChI=1S/C15H12N2O4S2/c18-17(19)12-5-7-14(8-6-12)23(20,21)16-10-13-9-11-3-1-2-4-15(11)22-13/h1-9,16H,10H2. The lowest BCUT2D eigenvalue weighted by atomic mass is 10.2. The topological polar surface area (TPSA) is 89.3 Å². The molecular weight excluding hydrogens is 336 g/mol. The summed E-state index contributed by atoms with van der Waals surface area (Å²) in [6, 6.07) is 14.6. The van der Waals surface area contributed by atoms with E-state index in [1.807, 2.05) is 30.3 Å². The summed E-state index contributed by atoms with van der Waals surface area (Å²) in [5, 5.41) is 11.7. The third kappa shape index (κ3) is 3.39. The largest absolute Gasteiger partial charge is 0.269 e. The van der Waals surface area contributed by atoms with Gasteiger partial charge in [0.1, 0.15) is 0 Å². The van der Waals surface area contributed by atoms with Gasteiger partial charge in [-0.15, -0.1) is 11.3 Å². The second-order valence-electron chi connectivity index (χ2n) is 4.83. The fourth-order valence-corrected chi connectivity index (χ4v) is 4.22. The van der Waals surface area contributed by atoms with Gasteiger partial charge in [-0.3, -0.25) is 10.1 Å². The van der Waals surface area contributed by atoms with E-state index in [1.165, 1.54) is 35.6 Å². The van der Waals surface area contributed by atoms with E-state index in [4.69, 9.17) is 0 Å². The van der Waals surface area contributed by atoms with Crippen molar-refractivity contribution in [1.29, 1.82) is 0 Å². The van der Waals surface area contributed by atoms with E-state index < -0.39 is 14.9 Å². The van der Waals surface area contributed by atoms with Gasteiger partial charge in [0.25, 0.3) is 5.69 Å². The van der Waals surface area contributed by atoms with Gasteiger partial charge < -0.3 is 0 Å². The average Bonchev–Trinajstić information content (AvgIpc) is 2.96. The summed E-state index contributed by atoms with van der Waals surface area (Å²) < 4.78 is 28.1. The Bertz CT molecular complexity index is 930. The van der Waals surface area contributed by atoms with Crippen LogP contribution in [0.25, 0.3) is 10.1 Å². The number of nitro groups is 1. The van der Waals surface area contributed by atoms with Gasteiger partial charge in [-0.05, 0) is 29.7 Å². The smallest absolute Gasteiger partial charge is 0.258 e. The molecule has 1 N–H and O–H groups in total. The number of hydrogen-bond donors (Lipinski definition) is 1. The molecule has 0 atom stereocenters. The molecule has 0 aliphatic rings. The molecule has 1 aromatic heterocycles. The van der Waals surface area contributed by atoms with Gasteiger partial charge in [0.05, 0.1) is 9.82 Å². The highest BCUT2D eigenvalue weighted by Crippen LogP contribution is 2.25. The van der Waals surface area contributed by atoms with Crippen LogP contribution in [-0.4, -0.2) is 13.3 Å². The molecule has 1 heterocycles. The van der Waals surface area contributed by atoms with Crippen LogP contribution in [0.1, 0.15) is 4.88 Å². The van der Waals surface area contributed by atoms with Crippen LogP contribution in [0.5, 0.6) is 0 Å². The highest BCUT2D eigenvalue weighted by atomic mass is 32.2. The Morgan fingerprint density at radius 3 is 2.43 bits per heavy atom. The molecule has 6 nitrogen and oxygen atoms in total. The first-order valence-electron chi connectivity index (χ1n) is 6.67. The summed E-state index contributed by atoms with van der Waals surface area (Å²) in [6.07, 6.45) is 0. The molecule has 0 saturated carbocycles. The van der Waals surface area contributed by atoms with Gasteiger partial charge in [-0.25, -0.2) is 13.1 Å². The van der Waals surface area contributed by atoms with Crippen LogP contribution in [0.15, 0.2) is 59.5 Å². The van der Waals surface area contributed by atoms with Gasteiger partial charge in [-0.1, -0.05) is 18.2 Å². The zero-order chi connectivity index (χ0) is 16.4. The van der Waals surface area contributed by atoms with Crippen LogP contribution in [-0.2, 0) is 16.6 Å². The van der Waals surface area contributed by atoms with Crippen LogP contribution < -0.4 is 4.72 Å². The number of hydrogen-bond acceptors (Lipinski definition) is 5. The van der Waals surface area contributed by atoms with E-state index in [9.17, 15) is 18.5 Å². The molecule has 23 heavy (non-hydrogen) atoms. The molecule has 0 radical (unpaired) electrons. The Morgan fingerprint density at radius 1 is 1.09 bits per heavy atom. The molecule has 118 valence electrons. The van der Waals surface area contributed by atoms with Crippen molar-refractivity contribution in [2.45, 2.75) is 11.4 Å². The van der Waals surface area contributed by atoms with Crippen molar-refractivity contribution in [2.24, 2.45) is 0 Å². The monoisotopic (exact) mass is 348 g/mol. The van der Waals surface area contributed by atoms with Crippen LogP contribution in [0.2, 0.25) is 0 Å². The molecule has 8 heteroatoms.